The van der Waals surface area contributed by atoms with Gasteiger partial charge in [0.1, 0.15) is 5.78 Å². The van der Waals surface area contributed by atoms with E-state index in [0.29, 0.717) is 24.2 Å². The van der Waals surface area contributed by atoms with Crippen LogP contribution in [0.4, 0.5) is 4.79 Å². The first kappa shape index (κ1) is 14.3. The maximum Gasteiger partial charge on any atom is 0.314 e. The van der Waals surface area contributed by atoms with Crippen LogP contribution in [0.3, 0.4) is 0 Å². The minimum absolute atomic E-state index is 0.123. The van der Waals surface area contributed by atoms with Crippen molar-refractivity contribution in [1.82, 2.24) is 15.5 Å². The number of hydrogen-bond donors (Lipinski definition) is 2. The zero-order chi connectivity index (χ0) is 13.8. The summed E-state index contributed by atoms with van der Waals surface area (Å²) in [6.07, 6.45) is 4.47. The van der Waals surface area contributed by atoms with Crippen molar-refractivity contribution in [1.29, 1.82) is 0 Å². The molecule has 2 amide bonds. The fourth-order valence-corrected chi connectivity index (χ4v) is 3.56. The van der Waals surface area contributed by atoms with Crippen molar-refractivity contribution in [3.63, 3.8) is 0 Å². The van der Waals surface area contributed by atoms with Gasteiger partial charge in [-0.15, -0.1) is 0 Å². The minimum Gasteiger partial charge on any atom is -0.341 e. The number of nitrogens with zero attached hydrogens (tertiary/aromatic N) is 1. The molecule has 1 heterocycles. The lowest BCUT2D eigenvalue weighted by Gasteiger charge is -2.46. The van der Waals surface area contributed by atoms with Crippen LogP contribution in [0, 0.1) is 5.92 Å². The molecular formula is C14H25N3O2. The van der Waals surface area contributed by atoms with E-state index in [1.165, 1.54) is 0 Å². The van der Waals surface area contributed by atoms with Gasteiger partial charge in [-0.1, -0.05) is 6.92 Å². The molecule has 1 saturated heterocycles. The number of Topliss-reactive ketones (excluding diaryl/α,β-unsaturated/α-hetero) is 1. The molecule has 0 aromatic heterocycles. The molecule has 108 valence electrons. The summed E-state index contributed by atoms with van der Waals surface area (Å²) in [7, 11) is 1.63. The Labute approximate surface area is 115 Å². The van der Waals surface area contributed by atoms with E-state index >= 15 is 0 Å². The van der Waals surface area contributed by atoms with E-state index in [1.807, 2.05) is 0 Å². The molecule has 2 rings (SSSR count). The van der Waals surface area contributed by atoms with Crippen LogP contribution < -0.4 is 10.6 Å². The molecule has 5 nitrogen and oxygen atoms in total. The molecule has 0 aromatic rings. The van der Waals surface area contributed by atoms with Crippen molar-refractivity contribution in [2.24, 2.45) is 5.92 Å². The molecule has 0 spiro atoms. The van der Waals surface area contributed by atoms with E-state index in [2.05, 4.69) is 22.5 Å². The van der Waals surface area contributed by atoms with Gasteiger partial charge in [0.15, 0.2) is 0 Å². The van der Waals surface area contributed by atoms with Gasteiger partial charge in [0.2, 0.25) is 0 Å². The molecule has 0 radical (unpaired) electrons. The zero-order valence-electron chi connectivity index (χ0n) is 11.9. The van der Waals surface area contributed by atoms with Crippen LogP contribution in [0.2, 0.25) is 0 Å². The summed E-state index contributed by atoms with van der Waals surface area (Å²) in [5.74, 6) is 0.807. The fourth-order valence-electron chi connectivity index (χ4n) is 3.56. The monoisotopic (exact) mass is 267 g/mol. The second-order valence-electron chi connectivity index (χ2n) is 5.76. The van der Waals surface area contributed by atoms with Crippen LogP contribution in [0.1, 0.15) is 39.0 Å². The van der Waals surface area contributed by atoms with E-state index in [9.17, 15) is 9.59 Å². The number of likely N-dealkylation sites (tertiary alicyclic amines) is 1. The molecule has 2 fully saturated rings. The highest BCUT2D eigenvalue weighted by molar-refractivity contribution is 5.79. The second-order valence-corrected chi connectivity index (χ2v) is 5.76. The van der Waals surface area contributed by atoms with Gasteiger partial charge in [0.25, 0.3) is 0 Å². The zero-order valence-corrected chi connectivity index (χ0v) is 11.9. The van der Waals surface area contributed by atoms with E-state index < -0.39 is 0 Å². The summed E-state index contributed by atoms with van der Waals surface area (Å²) in [6, 6.07) is 0.584. The standard InChI is InChI=1S/C14H25N3O2/c1-3-6-17-9-11(16-14(19)15-2)7-10-8-12(18)4-5-13(10)17/h10-11,13H,3-9H2,1-2H3,(H2,15,16,19)/t10-,11+,13-/m1/s1. The number of carbonyl (C=O) groups is 2. The van der Waals surface area contributed by atoms with Gasteiger partial charge in [-0.2, -0.15) is 0 Å². The highest BCUT2D eigenvalue weighted by Crippen LogP contribution is 2.34. The summed E-state index contributed by atoms with van der Waals surface area (Å²) in [4.78, 5) is 25.6. The molecule has 0 bridgehead atoms. The van der Waals surface area contributed by atoms with Crippen LogP contribution in [-0.2, 0) is 4.79 Å². The van der Waals surface area contributed by atoms with E-state index in [0.717, 1.165) is 38.8 Å². The summed E-state index contributed by atoms with van der Waals surface area (Å²) in [5.41, 5.74) is 0. The molecule has 1 saturated carbocycles. The van der Waals surface area contributed by atoms with Crippen molar-refractivity contribution < 1.29 is 9.59 Å². The summed E-state index contributed by atoms with van der Waals surface area (Å²) >= 11 is 0. The van der Waals surface area contributed by atoms with Gasteiger partial charge in [0, 0.05) is 38.5 Å². The summed E-state index contributed by atoms with van der Waals surface area (Å²) < 4.78 is 0. The van der Waals surface area contributed by atoms with Crippen molar-refractivity contribution in [2.45, 2.75) is 51.1 Å². The number of fused-ring (bicyclic) bond motifs is 1. The van der Waals surface area contributed by atoms with Crippen molar-refractivity contribution in [2.75, 3.05) is 20.1 Å². The van der Waals surface area contributed by atoms with Crippen LogP contribution >= 0.6 is 0 Å². The molecule has 2 aliphatic rings. The highest BCUT2D eigenvalue weighted by Gasteiger charge is 2.39. The molecule has 1 aliphatic heterocycles. The van der Waals surface area contributed by atoms with Crippen LogP contribution in [0.5, 0.6) is 0 Å². The average molecular weight is 267 g/mol. The fraction of sp³-hybridized carbons (Fsp3) is 0.857. The molecule has 3 atom stereocenters. The number of nitrogens with one attached hydrogen (secondary N) is 2. The lowest BCUT2D eigenvalue weighted by Crippen LogP contribution is -2.58. The number of piperidine rings is 1. The van der Waals surface area contributed by atoms with E-state index in [4.69, 9.17) is 0 Å². The first-order valence-electron chi connectivity index (χ1n) is 7.38. The van der Waals surface area contributed by atoms with Crippen LogP contribution in [-0.4, -0.2) is 48.9 Å². The molecule has 2 N–H and O–H groups in total. The Hall–Kier alpha value is -1.10. The number of ketones is 1. The second kappa shape index (κ2) is 6.37. The lowest BCUT2D eigenvalue weighted by atomic mass is 9.76. The average Bonchev–Trinajstić information content (AvgIpc) is 2.38. The van der Waals surface area contributed by atoms with E-state index in [1.54, 1.807) is 7.05 Å². The summed E-state index contributed by atoms with van der Waals surface area (Å²) in [5, 5.41) is 5.61. The van der Waals surface area contributed by atoms with Crippen molar-refractivity contribution >= 4 is 11.8 Å². The van der Waals surface area contributed by atoms with E-state index in [-0.39, 0.29) is 12.1 Å². The largest absolute Gasteiger partial charge is 0.341 e. The van der Waals surface area contributed by atoms with Crippen molar-refractivity contribution in [3.05, 3.63) is 0 Å². The molecule has 5 heteroatoms. The predicted octanol–water partition coefficient (Wildman–Crippen LogP) is 1.14. The topological polar surface area (TPSA) is 61.4 Å². The molecule has 0 unspecified atom stereocenters. The van der Waals surface area contributed by atoms with Gasteiger partial charge in [-0.3, -0.25) is 9.69 Å². The first-order valence-corrected chi connectivity index (χ1v) is 7.38. The SMILES string of the molecule is CCCN1C[C@@H](NC(=O)NC)C[C@@H]2CC(=O)CC[C@H]21. The van der Waals surface area contributed by atoms with Gasteiger partial charge >= 0.3 is 6.03 Å². The van der Waals surface area contributed by atoms with Crippen molar-refractivity contribution in [3.8, 4) is 0 Å². The minimum atomic E-state index is -0.123. The first-order chi connectivity index (χ1) is 9.13. The third kappa shape index (κ3) is 3.47. The third-order valence-corrected chi connectivity index (χ3v) is 4.34. The highest BCUT2D eigenvalue weighted by atomic mass is 16.2. The van der Waals surface area contributed by atoms with Crippen LogP contribution in [0.25, 0.3) is 0 Å². The Morgan fingerprint density at radius 2 is 2.26 bits per heavy atom. The summed E-state index contributed by atoms with van der Waals surface area (Å²) in [6.45, 7) is 4.15. The Balaban J connectivity index is 2.02. The smallest absolute Gasteiger partial charge is 0.314 e. The number of carbonyl (C=O) groups excluding carboxylic acids is 2. The maximum atomic E-state index is 11.6. The number of amides is 2. The van der Waals surface area contributed by atoms with Gasteiger partial charge < -0.3 is 10.6 Å². The van der Waals surface area contributed by atoms with Crippen LogP contribution in [0.15, 0.2) is 0 Å². The predicted molar refractivity (Wildman–Crippen MR) is 74.0 cm³/mol. The number of hydrogen-bond acceptors (Lipinski definition) is 3. The molecular weight excluding hydrogens is 242 g/mol. The number of rotatable bonds is 3. The van der Waals surface area contributed by atoms with Gasteiger partial charge in [-0.25, -0.2) is 4.79 Å². The normalized spacial score (nSPS) is 31.7. The Bertz CT molecular complexity index is 346. The van der Waals surface area contributed by atoms with Gasteiger partial charge in [0.05, 0.1) is 0 Å². The lowest BCUT2D eigenvalue weighted by molar-refractivity contribution is -0.124. The molecule has 19 heavy (non-hydrogen) atoms. The van der Waals surface area contributed by atoms with Gasteiger partial charge in [-0.05, 0) is 31.7 Å². The molecule has 1 aliphatic carbocycles. The Morgan fingerprint density at radius 3 is 2.95 bits per heavy atom. The Morgan fingerprint density at radius 1 is 1.47 bits per heavy atom. The third-order valence-electron chi connectivity index (χ3n) is 4.34. The maximum absolute atomic E-state index is 11.6. The quantitative estimate of drug-likeness (QED) is 0.806. The number of urea groups is 1. The Kier molecular flexibility index (Phi) is 4.80. The molecule has 0 aromatic carbocycles.